The fourth-order valence-corrected chi connectivity index (χ4v) is 4.93. The van der Waals surface area contributed by atoms with Crippen LogP contribution in [0.1, 0.15) is 72.5 Å². The van der Waals surface area contributed by atoms with E-state index in [9.17, 15) is 18.4 Å². The van der Waals surface area contributed by atoms with Crippen LogP contribution in [0.15, 0.2) is 42.7 Å². The number of carbonyl (C=O) groups excluding carboxylic acids is 2. The Morgan fingerprint density at radius 2 is 1.94 bits per heavy atom. The summed E-state index contributed by atoms with van der Waals surface area (Å²) in [6.07, 6.45) is 5.18. The molecule has 1 aliphatic rings. The highest BCUT2D eigenvalue weighted by molar-refractivity contribution is 5.96. The van der Waals surface area contributed by atoms with Crippen LogP contribution in [-0.2, 0) is 11.2 Å². The molecular weight excluding hydrogens is 448 g/mol. The SMILES string of the molecule is CCC(=O)c1ccc(C[C@@H](CNC(=O)C[C@H](c2cccnc2)C2(C(C)(F)F)CC2)N(C)C)c(C)c1. The van der Waals surface area contributed by atoms with Gasteiger partial charge in [-0.3, -0.25) is 14.6 Å². The summed E-state index contributed by atoms with van der Waals surface area (Å²) in [6.45, 7) is 5.20. The van der Waals surface area contributed by atoms with Crippen LogP contribution < -0.4 is 5.32 Å². The minimum Gasteiger partial charge on any atom is -0.355 e. The predicted octanol–water partition coefficient (Wildman–Crippen LogP) is 5.18. The monoisotopic (exact) mass is 485 g/mol. The van der Waals surface area contributed by atoms with Crippen molar-refractivity contribution in [2.75, 3.05) is 20.6 Å². The number of benzene rings is 1. The Bertz CT molecular complexity index is 1030. The number of ketones is 1. The van der Waals surface area contributed by atoms with E-state index in [1.54, 1.807) is 24.5 Å². The number of aromatic nitrogens is 1. The number of Topliss-reactive ketones (excluding diaryl/α,β-unsaturated/α-hetero) is 1. The first-order chi connectivity index (χ1) is 16.5. The number of amides is 1. The third-order valence-electron chi connectivity index (χ3n) is 7.51. The van der Waals surface area contributed by atoms with E-state index in [-0.39, 0.29) is 24.2 Å². The van der Waals surface area contributed by atoms with Crippen LogP contribution in [0, 0.1) is 12.3 Å². The highest BCUT2D eigenvalue weighted by atomic mass is 19.3. The van der Waals surface area contributed by atoms with Gasteiger partial charge in [0.05, 0.1) is 0 Å². The van der Waals surface area contributed by atoms with E-state index in [2.05, 4.69) is 10.3 Å². The van der Waals surface area contributed by atoms with Gasteiger partial charge < -0.3 is 10.2 Å². The summed E-state index contributed by atoms with van der Waals surface area (Å²) in [5, 5.41) is 2.99. The number of carbonyl (C=O) groups is 2. The minimum absolute atomic E-state index is 0.00211. The van der Waals surface area contributed by atoms with Crippen LogP contribution in [0.4, 0.5) is 8.78 Å². The average molecular weight is 486 g/mol. The maximum Gasteiger partial charge on any atom is 0.251 e. The third-order valence-corrected chi connectivity index (χ3v) is 7.51. The van der Waals surface area contributed by atoms with E-state index in [1.807, 2.05) is 51.0 Å². The zero-order valence-electron chi connectivity index (χ0n) is 21.4. The molecule has 35 heavy (non-hydrogen) atoms. The maximum atomic E-state index is 14.6. The summed E-state index contributed by atoms with van der Waals surface area (Å²) in [4.78, 5) is 31.2. The van der Waals surface area contributed by atoms with Gasteiger partial charge in [-0.1, -0.05) is 25.1 Å². The summed E-state index contributed by atoms with van der Waals surface area (Å²) < 4.78 is 29.1. The number of alkyl halides is 2. The highest BCUT2D eigenvalue weighted by Gasteiger charge is 2.63. The Balaban J connectivity index is 1.68. The average Bonchev–Trinajstić information content (AvgIpc) is 3.63. The van der Waals surface area contributed by atoms with E-state index < -0.39 is 17.3 Å². The van der Waals surface area contributed by atoms with E-state index in [1.165, 1.54) is 0 Å². The van der Waals surface area contributed by atoms with Crippen LogP contribution in [0.3, 0.4) is 0 Å². The number of pyridine rings is 1. The standard InChI is InChI=1S/C28H37F2N3O2/c1-6-25(34)21-10-9-20(19(2)14-21)15-23(33(4)5)18-32-26(35)16-24(22-8-7-13-31-17-22)28(11-12-28)27(3,29)30/h7-10,13-14,17,23-24H,6,11-12,15-16,18H2,1-5H3,(H,32,35)/t23-,24+/m0/s1. The largest absolute Gasteiger partial charge is 0.355 e. The fraction of sp³-hybridized carbons (Fsp3) is 0.536. The lowest BCUT2D eigenvalue weighted by atomic mass is 9.77. The van der Waals surface area contributed by atoms with Crippen molar-refractivity contribution in [3.05, 3.63) is 65.0 Å². The Kier molecular flexibility index (Phi) is 8.42. The topological polar surface area (TPSA) is 62.3 Å². The van der Waals surface area contributed by atoms with Crippen LogP contribution in [0.25, 0.3) is 0 Å². The number of nitrogens with zero attached hydrogens (tertiary/aromatic N) is 2. The highest BCUT2D eigenvalue weighted by Crippen LogP contribution is 2.65. The first-order valence-corrected chi connectivity index (χ1v) is 12.3. The van der Waals surface area contributed by atoms with Crippen molar-refractivity contribution < 1.29 is 18.4 Å². The van der Waals surface area contributed by atoms with Gasteiger partial charge >= 0.3 is 0 Å². The second-order valence-corrected chi connectivity index (χ2v) is 10.1. The molecule has 1 aliphatic carbocycles. The molecule has 0 saturated heterocycles. The van der Waals surface area contributed by atoms with Gasteiger partial charge in [0, 0.05) is 54.7 Å². The number of hydrogen-bond acceptors (Lipinski definition) is 4. The number of nitrogens with one attached hydrogen (secondary N) is 1. The summed E-state index contributed by atoms with van der Waals surface area (Å²) in [5.41, 5.74) is 2.36. The van der Waals surface area contributed by atoms with Crippen molar-refractivity contribution in [3.8, 4) is 0 Å². The van der Waals surface area contributed by atoms with Gasteiger partial charge in [0.25, 0.3) is 5.92 Å². The van der Waals surface area contributed by atoms with Crippen molar-refractivity contribution >= 4 is 11.7 Å². The second-order valence-electron chi connectivity index (χ2n) is 10.1. The molecule has 1 aromatic carbocycles. The lowest BCUT2D eigenvalue weighted by molar-refractivity contribution is -0.123. The first-order valence-electron chi connectivity index (χ1n) is 12.3. The summed E-state index contributed by atoms with van der Waals surface area (Å²) >= 11 is 0. The van der Waals surface area contributed by atoms with Gasteiger partial charge in [-0.15, -0.1) is 0 Å². The maximum absolute atomic E-state index is 14.6. The van der Waals surface area contributed by atoms with Crippen molar-refractivity contribution in [2.45, 2.75) is 70.8 Å². The van der Waals surface area contributed by atoms with Gasteiger partial charge in [-0.05, 0) is 76.0 Å². The van der Waals surface area contributed by atoms with E-state index in [4.69, 9.17) is 0 Å². The zero-order chi connectivity index (χ0) is 25.8. The molecular formula is C28H37F2N3O2. The summed E-state index contributed by atoms with van der Waals surface area (Å²) in [5.74, 6) is -3.57. The Hall–Kier alpha value is -2.67. The van der Waals surface area contributed by atoms with Gasteiger partial charge in [-0.25, -0.2) is 8.78 Å². The Morgan fingerprint density at radius 1 is 1.23 bits per heavy atom. The number of rotatable bonds is 12. The van der Waals surface area contributed by atoms with Crippen molar-refractivity contribution in [3.63, 3.8) is 0 Å². The van der Waals surface area contributed by atoms with Gasteiger partial charge in [0.15, 0.2) is 5.78 Å². The molecule has 3 rings (SSSR count). The van der Waals surface area contributed by atoms with E-state index in [0.29, 0.717) is 43.4 Å². The molecule has 0 spiro atoms. The van der Waals surface area contributed by atoms with Crippen LogP contribution in [-0.4, -0.2) is 54.2 Å². The van der Waals surface area contributed by atoms with E-state index in [0.717, 1.165) is 18.1 Å². The molecule has 5 nitrogen and oxygen atoms in total. The second kappa shape index (κ2) is 10.9. The molecule has 1 saturated carbocycles. The van der Waals surface area contributed by atoms with Crippen LogP contribution in [0.5, 0.6) is 0 Å². The van der Waals surface area contributed by atoms with Crippen molar-refractivity contribution in [2.24, 2.45) is 5.41 Å². The van der Waals surface area contributed by atoms with Crippen LogP contribution >= 0.6 is 0 Å². The zero-order valence-corrected chi connectivity index (χ0v) is 21.4. The molecule has 0 radical (unpaired) electrons. The smallest absolute Gasteiger partial charge is 0.251 e. The summed E-state index contributed by atoms with van der Waals surface area (Å²) in [7, 11) is 3.91. The lowest BCUT2D eigenvalue weighted by Crippen LogP contribution is -2.43. The number of likely N-dealkylation sites (N-methyl/N-ethyl adjacent to an activating group) is 1. The molecule has 0 aliphatic heterocycles. The minimum atomic E-state index is -2.87. The quantitative estimate of drug-likeness (QED) is 0.421. The molecule has 1 amide bonds. The summed E-state index contributed by atoms with van der Waals surface area (Å²) in [6, 6.07) is 9.30. The Labute approximate surface area is 207 Å². The normalized spacial score (nSPS) is 16.6. The molecule has 2 atom stereocenters. The van der Waals surface area contributed by atoms with E-state index >= 15 is 0 Å². The molecule has 0 bridgehead atoms. The molecule has 1 heterocycles. The Morgan fingerprint density at radius 3 is 2.46 bits per heavy atom. The van der Waals surface area contributed by atoms with Gasteiger partial charge in [0.1, 0.15) is 0 Å². The van der Waals surface area contributed by atoms with Crippen LogP contribution in [0.2, 0.25) is 0 Å². The molecule has 0 unspecified atom stereocenters. The molecule has 2 aromatic rings. The van der Waals surface area contributed by atoms with Crippen molar-refractivity contribution in [1.82, 2.24) is 15.2 Å². The molecule has 1 fully saturated rings. The number of hydrogen-bond donors (Lipinski definition) is 1. The molecule has 1 N–H and O–H groups in total. The lowest BCUT2D eigenvalue weighted by Gasteiger charge is -2.32. The molecule has 190 valence electrons. The molecule has 7 heteroatoms. The fourth-order valence-electron chi connectivity index (χ4n) is 4.93. The predicted molar refractivity (Wildman–Crippen MR) is 134 cm³/mol. The van der Waals surface area contributed by atoms with Crippen molar-refractivity contribution in [1.29, 1.82) is 0 Å². The van der Waals surface area contributed by atoms with Gasteiger partial charge in [0.2, 0.25) is 5.91 Å². The van der Waals surface area contributed by atoms with Gasteiger partial charge in [-0.2, -0.15) is 0 Å². The number of aryl methyl sites for hydroxylation is 1. The first kappa shape index (κ1) is 26.9. The molecule has 1 aromatic heterocycles. The third kappa shape index (κ3) is 6.31. The number of halogens is 2.